The third kappa shape index (κ3) is 5.87. The van der Waals surface area contributed by atoms with Crippen LogP contribution in [-0.2, 0) is 16.4 Å². The first-order chi connectivity index (χ1) is 19.9. The summed E-state index contributed by atoms with van der Waals surface area (Å²) in [6.07, 6.45) is 6.75. The fourth-order valence-electron chi connectivity index (χ4n) is 5.83. The molecule has 1 aliphatic heterocycles. The van der Waals surface area contributed by atoms with E-state index in [0.717, 1.165) is 66.1 Å². The van der Waals surface area contributed by atoms with Crippen LogP contribution >= 0.6 is 0 Å². The Kier molecular flexibility index (Phi) is 7.56. The maximum absolute atomic E-state index is 13.9. The number of pyridine rings is 1. The van der Waals surface area contributed by atoms with Crippen LogP contribution in [-0.4, -0.2) is 42.2 Å². The van der Waals surface area contributed by atoms with Crippen LogP contribution in [0.1, 0.15) is 24.4 Å². The van der Waals surface area contributed by atoms with Crippen LogP contribution in [0.2, 0.25) is 0 Å². The number of halogens is 1. The van der Waals surface area contributed by atoms with E-state index >= 15 is 0 Å². The molecular formula is C34H32FN3O2S. The molecule has 41 heavy (non-hydrogen) atoms. The fraction of sp³-hybridized carbons (Fsp3) is 0.206. The molecule has 3 aromatic carbocycles. The van der Waals surface area contributed by atoms with Crippen molar-refractivity contribution in [3.8, 4) is 33.6 Å². The molecule has 1 aliphatic rings. The van der Waals surface area contributed by atoms with Crippen molar-refractivity contribution in [1.82, 2.24) is 14.5 Å². The summed E-state index contributed by atoms with van der Waals surface area (Å²) in [5.74, 6) is -0.277. The van der Waals surface area contributed by atoms with Gasteiger partial charge in [0.2, 0.25) is 0 Å². The standard InChI is InChI=1S/C34H32FN3O2S/c1-41(39,40)31-13-9-27(10-14-31)33-23-32(26-7-11-29(35)12-8-26)34(28-15-19-36-20-16-28)38(33)30-17-21-37(22-18-30)24-25-5-3-2-4-6-25/h2-16,19-20,23,30H,17-18,21-22,24H2,1H3. The summed E-state index contributed by atoms with van der Waals surface area (Å²) in [5.41, 5.74) is 7.28. The number of likely N-dealkylation sites (tertiary alicyclic amines) is 1. The number of nitrogens with zero attached hydrogens (tertiary/aromatic N) is 3. The zero-order valence-electron chi connectivity index (χ0n) is 22.9. The molecule has 0 radical (unpaired) electrons. The van der Waals surface area contributed by atoms with E-state index < -0.39 is 9.84 Å². The summed E-state index contributed by atoms with van der Waals surface area (Å²) >= 11 is 0. The van der Waals surface area contributed by atoms with Crippen LogP contribution in [0.15, 0.2) is 114 Å². The Morgan fingerprint density at radius 3 is 2.07 bits per heavy atom. The van der Waals surface area contributed by atoms with Gasteiger partial charge in [-0.2, -0.15) is 0 Å². The van der Waals surface area contributed by atoms with E-state index in [1.807, 2.05) is 42.5 Å². The summed E-state index contributed by atoms with van der Waals surface area (Å²) < 4.78 is 40.7. The molecule has 0 bridgehead atoms. The first-order valence-electron chi connectivity index (χ1n) is 13.9. The SMILES string of the molecule is CS(=O)(=O)c1ccc(-c2cc(-c3ccc(F)cc3)c(-c3ccncc3)n2C2CCN(Cc3ccccc3)CC2)cc1. The Labute approximate surface area is 240 Å². The van der Waals surface area contributed by atoms with Crippen molar-refractivity contribution in [1.29, 1.82) is 0 Å². The van der Waals surface area contributed by atoms with E-state index in [1.165, 1.54) is 24.0 Å². The zero-order chi connectivity index (χ0) is 28.4. The van der Waals surface area contributed by atoms with Gasteiger partial charge in [0.25, 0.3) is 0 Å². The largest absolute Gasteiger partial charge is 0.337 e. The Balaban J connectivity index is 1.46. The van der Waals surface area contributed by atoms with E-state index in [-0.39, 0.29) is 11.9 Å². The lowest BCUT2D eigenvalue weighted by molar-refractivity contribution is 0.181. The van der Waals surface area contributed by atoms with Crippen molar-refractivity contribution in [2.45, 2.75) is 30.3 Å². The summed E-state index contributed by atoms with van der Waals surface area (Å²) in [5, 5.41) is 0. The lowest BCUT2D eigenvalue weighted by Gasteiger charge is -2.35. The van der Waals surface area contributed by atoms with Crippen LogP contribution in [0.3, 0.4) is 0 Å². The maximum atomic E-state index is 13.9. The molecule has 0 N–H and O–H groups in total. The molecule has 7 heteroatoms. The second kappa shape index (κ2) is 11.4. The molecule has 0 unspecified atom stereocenters. The van der Waals surface area contributed by atoms with Crippen molar-refractivity contribution in [2.24, 2.45) is 0 Å². The maximum Gasteiger partial charge on any atom is 0.175 e. The summed E-state index contributed by atoms with van der Waals surface area (Å²) in [7, 11) is -3.31. The van der Waals surface area contributed by atoms with E-state index in [9.17, 15) is 12.8 Å². The number of hydrogen-bond acceptors (Lipinski definition) is 4. The van der Waals surface area contributed by atoms with Crippen molar-refractivity contribution in [3.63, 3.8) is 0 Å². The second-order valence-corrected chi connectivity index (χ2v) is 12.7. The number of hydrogen-bond donors (Lipinski definition) is 0. The van der Waals surface area contributed by atoms with Gasteiger partial charge in [-0.1, -0.05) is 54.6 Å². The zero-order valence-corrected chi connectivity index (χ0v) is 23.8. The lowest BCUT2D eigenvalue weighted by atomic mass is 9.99. The molecule has 208 valence electrons. The number of piperidine rings is 1. The van der Waals surface area contributed by atoms with Crippen molar-refractivity contribution < 1.29 is 12.8 Å². The molecule has 1 saturated heterocycles. The minimum atomic E-state index is -3.31. The first-order valence-corrected chi connectivity index (χ1v) is 15.7. The van der Waals surface area contributed by atoms with Gasteiger partial charge in [0.15, 0.2) is 9.84 Å². The molecule has 0 amide bonds. The van der Waals surface area contributed by atoms with Gasteiger partial charge in [-0.15, -0.1) is 0 Å². The average molecular weight is 566 g/mol. The third-order valence-electron chi connectivity index (χ3n) is 7.90. The third-order valence-corrected chi connectivity index (χ3v) is 9.02. The molecule has 6 rings (SSSR count). The van der Waals surface area contributed by atoms with Crippen LogP contribution in [0.5, 0.6) is 0 Å². The van der Waals surface area contributed by atoms with Gasteiger partial charge < -0.3 is 4.57 Å². The lowest BCUT2D eigenvalue weighted by Crippen LogP contribution is -2.34. The van der Waals surface area contributed by atoms with Gasteiger partial charge in [-0.05, 0) is 72.0 Å². The Morgan fingerprint density at radius 1 is 0.805 bits per heavy atom. The molecule has 1 fully saturated rings. The van der Waals surface area contributed by atoms with Gasteiger partial charge in [0.05, 0.1) is 10.6 Å². The molecule has 2 aromatic heterocycles. The topological polar surface area (TPSA) is 55.2 Å². The highest BCUT2D eigenvalue weighted by Gasteiger charge is 2.28. The van der Waals surface area contributed by atoms with Crippen LogP contribution in [0.4, 0.5) is 4.39 Å². The predicted octanol–water partition coefficient (Wildman–Crippen LogP) is 7.26. The number of rotatable bonds is 7. The molecule has 0 atom stereocenters. The van der Waals surface area contributed by atoms with E-state index in [0.29, 0.717) is 4.90 Å². The van der Waals surface area contributed by atoms with Gasteiger partial charge >= 0.3 is 0 Å². The Morgan fingerprint density at radius 2 is 1.44 bits per heavy atom. The fourth-order valence-corrected chi connectivity index (χ4v) is 6.46. The molecule has 0 saturated carbocycles. The van der Waals surface area contributed by atoms with Gasteiger partial charge in [0, 0.05) is 61.1 Å². The predicted molar refractivity (Wildman–Crippen MR) is 162 cm³/mol. The van der Waals surface area contributed by atoms with E-state index in [1.54, 1.807) is 24.5 Å². The van der Waals surface area contributed by atoms with E-state index in [2.05, 4.69) is 44.8 Å². The second-order valence-electron chi connectivity index (χ2n) is 10.7. The number of sulfone groups is 1. The molecule has 5 aromatic rings. The van der Waals surface area contributed by atoms with E-state index in [4.69, 9.17) is 0 Å². The van der Waals surface area contributed by atoms with Crippen LogP contribution in [0, 0.1) is 5.82 Å². The minimum absolute atomic E-state index is 0.226. The first kappa shape index (κ1) is 27.1. The van der Waals surface area contributed by atoms with Gasteiger partial charge in [-0.25, -0.2) is 12.8 Å². The van der Waals surface area contributed by atoms with Crippen LogP contribution < -0.4 is 0 Å². The molecule has 0 aliphatic carbocycles. The minimum Gasteiger partial charge on any atom is -0.337 e. The van der Waals surface area contributed by atoms with Gasteiger partial charge in [0.1, 0.15) is 5.82 Å². The van der Waals surface area contributed by atoms with Crippen molar-refractivity contribution in [2.75, 3.05) is 19.3 Å². The number of benzene rings is 3. The summed E-state index contributed by atoms with van der Waals surface area (Å²) in [6, 6.07) is 30.7. The van der Waals surface area contributed by atoms with Gasteiger partial charge in [-0.3, -0.25) is 9.88 Å². The Hall–Kier alpha value is -4.07. The average Bonchev–Trinajstić information content (AvgIpc) is 3.39. The van der Waals surface area contributed by atoms with Crippen LogP contribution in [0.25, 0.3) is 33.6 Å². The molecule has 3 heterocycles. The smallest absolute Gasteiger partial charge is 0.175 e. The summed E-state index contributed by atoms with van der Waals surface area (Å²) in [6.45, 7) is 2.86. The van der Waals surface area contributed by atoms with Crippen molar-refractivity contribution >= 4 is 9.84 Å². The molecule has 5 nitrogen and oxygen atoms in total. The highest BCUT2D eigenvalue weighted by atomic mass is 32.2. The highest BCUT2D eigenvalue weighted by Crippen LogP contribution is 2.43. The molecule has 0 spiro atoms. The molecular weight excluding hydrogens is 533 g/mol. The quantitative estimate of drug-likeness (QED) is 0.208. The highest BCUT2D eigenvalue weighted by molar-refractivity contribution is 7.90. The summed E-state index contributed by atoms with van der Waals surface area (Å²) in [4.78, 5) is 7.05. The Bertz CT molecular complexity index is 1730. The number of aromatic nitrogens is 2. The van der Waals surface area contributed by atoms with Crippen molar-refractivity contribution in [3.05, 3.63) is 121 Å². The monoisotopic (exact) mass is 565 g/mol. The normalized spacial score (nSPS) is 14.8.